The maximum absolute atomic E-state index is 13.2. The third kappa shape index (κ3) is 4.46. The van der Waals surface area contributed by atoms with Gasteiger partial charge in [0.25, 0.3) is 0 Å². The van der Waals surface area contributed by atoms with Crippen LogP contribution in [0.4, 0.5) is 9.52 Å². The maximum Gasteiger partial charge on any atom is 0.247 e. The van der Waals surface area contributed by atoms with Crippen molar-refractivity contribution in [2.45, 2.75) is 13.0 Å². The number of carbonyl (C=O) groups excluding carboxylic acids is 1. The van der Waals surface area contributed by atoms with E-state index in [-0.39, 0.29) is 18.1 Å². The number of nitrogens with two attached hydrogens (primary N) is 1. The van der Waals surface area contributed by atoms with Crippen molar-refractivity contribution in [1.82, 2.24) is 20.2 Å². The molecule has 146 valence electrons. The van der Waals surface area contributed by atoms with E-state index in [0.717, 1.165) is 22.0 Å². The molecule has 9 heteroatoms. The molecule has 1 amide bonds. The number of rotatable bonds is 6. The minimum absolute atomic E-state index is 0.0680. The van der Waals surface area contributed by atoms with Crippen LogP contribution in [-0.4, -0.2) is 26.9 Å². The summed E-state index contributed by atoms with van der Waals surface area (Å²) in [5.74, 6) is -0.557. The van der Waals surface area contributed by atoms with Gasteiger partial charge in [0.1, 0.15) is 10.8 Å². The van der Waals surface area contributed by atoms with Crippen LogP contribution in [0.25, 0.3) is 10.9 Å². The molecule has 0 unspecified atom stereocenters. The van der Waals surface area contributed by atoms with Crippen molar-refractivity contribution >= 4 is 39.5 Å². The van der Waals surface area contributed by atoms with Gasteiger partial charge in [-0.05, 0) is 23.8 Å². The first-order valence-electron chi connectivity index (χ1n) is 8.80. The van der Waals surface area contributed by atoms with Crippen molar-refractivity contribution in [1.29, 1.82) is 0 Å². The molecule has 0 saturated heterocycles. The minimum Gasteiger partial charge on any atom is -0.374 e. The first kappa shape index (κ1) is 18.8. The van der Waals surface area contributed by atoms with E-state index in [9.17, 15) is 9.18 Å². The number of amides is 1. The molecule has 2 aromatic heterocycles. The fourth-order valence-corrected chi connectivity index (χ4v) is 3.59. The standard InChI is InChI=1S/C20H17FN6OS/c21-15-7-5-13(6-8-15)11-27-12-14(16-3-1-2-4-17(16)27)10-23-24-18(28)9-19-25-26-20(22)29-19/h1-8,10,12H,9,11H2,(H2,22,26)(H,24,28). The zero-order valence-electron chi connectivity index (χ0n) is 15.2. The molecular weight excluding hydrogens is 391 g/mol. The fourth-order valence-electron chi connectivity index (χ4n) is 2.98. The average Bonchev–Trinajstić information content (AvgIpc) is 3.27. The molecule has 4 rings (SSSR count). The van der Waals surface area contributed by atoms with Crippen LogP contribution in [0.3, 0.4) is 0 Å². The van der Waals surface area contributed by atoms with E-state index in [2.05, 4.69) is 25.3 Å². The van der Waals surface area contributed by atoms with Gasteiger partial charge in [-0.25, -0.2) is 9.82 Å². The van der Waals surface area contributed by atoms with E-state index in [1.54, 1.807) is 18.3 Å². The van der Waals surface area contributed by atoms with Crippen LogP contribution in [0, 0.1) is 5.82 Å². The van der Waals surface area contributed by atoms with Crippen LogP contribution in [0.5, 0.6) is 0 Å². The van der Waals surface area contributed by atoms with Crippen LogP contribution in [0.15, 0.2) is 59.8 Å². The highest BCUT2D eigenvalue weighted by Crippen LogP contribution is 2.21. The summed E-state index contributed by atoms with van der Waals surface area (Å²) < 4.78 is 15.2. The van der Waals surface area contributed by atoms with Gasteiger partial charge in [0.2, 0.25) is 11.0 Å². The maximum atomic E-state index is 13.2. The third-order valence-electron chi connectivity index (χ3n) is 4.27. The van der Waals surface area contributed by atoms with Gasteiger partial charge in [-0.3, -0.25) is 4.79 Å². The summed E-state index contributed by atoms with van der Waals surface area (Å²) in [5.41, 5.74) is 10.9. The molecule has 0 aliphatic rings. The number of para-hydroxylation sites is 1. The molecular formula is C20H17FN6OS. The van der Waals surface area contributed by atoms with Gasteiger partial charge in [-0.2, -0.15) is 5.10 Å². The molecule has 0 atom stereocenters. The molecule has 0 radical (unpaired) electrons. The van der Waals surface area contributed by atoms with Crippen molar-refractivity contribution in [2.75, 3.05) is 5.73 Å². The molecule has 0 aliphatic carbocycles. The molecule has 4 aromatic rings. The van der Waals surface area contributed by atoms with E-state index in [0.29, 0.717) is 16.7 Å². The molecule has 2 aromatic carbocycles. The monoisotopic (exact) mass is 408 g/mol. The van der Waals surface area contributed by atoms with Crippen molar-refractivity contribution in [3.63, 3.8) is 0 Å². The van der Waals surface area contributed by atoms with Gasteiger partial charge >= 0.3 is 0 Å². The molecule has 2 heterocycles. The molecule has 0 fully saturated rings. The molecule has 29 heavy (non-hydrogen) atoms. The van der Waals surface area contributed by atoms with Crippen molar-refractivity contribution < 1.29 is 9.18 Å². The van der Waals surface area contributed by atoms with Crippen molar-refractivity contribution in [2.24, 2.45) is 5.10 Å². The normalized spacial score (nSPS) is 11.3. The number of halogens is 1. The Morgan fingerprint density at radius 1 is 1.21 bits per heavy atom. The van der Waals surface area contributed by atoms with E-state index in [1.807, 2.05) is 30.5 Å². The Bertz CT molecular complexity index is 1180. The van der Waals surface area contributed by atoms with Gasteiger partial charge in [0, 0.05) is 29.2 Å². The molecule has 0 saturated carbocycles. The highest BCUT2D eigenvalue weighted by Gasteiger charge is 2.09. The number of nitrogens with zero attached hydrogens (tertiary/aromatic N) is 4. The number of aromatic nitrogens is 3. The largest absolute Gasteiger partial charge is 0.374 e. The summed E-state index contributed by atoms with van der Waals surface area (Å²) in [6, 6.07) is 14.3. The lowest BCUT2D eigenvalue weighted by molar-refractivity contribution is -0.120. The van der Waals surface area contributed by atoms with Gasteiger partial charge in [0.05, 0.1) is 12.6 Å². The second-order valence-corrected chi connectivity index (χ2v) is 7.45. The number of fused-ring (bicyclic) bond motifs is 1. The third-order valence-corrected chi connectivity index (χ3v) is 5.03. The first-order chi connectivity index (χ1) is 14.1. The second kappa shape index (κ2) is 8.19. The Morgan fingerprint density at radius 2 is 2.00 bits per heavy atom. The number of nitrogens with one attached hydrogen (secondary N) is 1. The summed E-state index contributed by atoms with van der Waals surface area (Å²) in [4.78, 5) is 12.0. The first-order valence-corrected chi connectivity index (χ1v) is 9.62. The zero-order chi connectivity index (χ0) is 20.2. The smallest absolute Gasteiger partial charge is 0.247 e. The molecule has 0 aliphatic heterocycles. The number of nitrogen functional groups attached to an aromatic ring is 1. The Morgan fingerprint density at radius 3 is 2.76 bits per heavy atom. The van der Waals surface area contributed by atoms with E-state index in [1.165, 1.54) is 23.5 Å². The van der Waals surface area contributed by atoms with E-state index in [4.69, 9.17) is 5.73 Å². The summed E-state index contributed by atoms with van der Waals surface area (Å²) in [5, 5.41) is 13.4. The number of carbonyl (C=O) groups is 1. The Hall–Kier alpha value is -3.59. The topological polar surface area (TPSA) is 98.2 Å². The second-order valence-electron chi connectivity index (χ2n) is 6.36. The highest BCUT2D eigenvalue weighted by molar-refractivity contribution is 7.15. The highest BCUT2D eigenvalue weighted by atomic mass is 32.1. The van der Waals surface area contributed by atoms with Crippen molar-refractivity contribution in [3.05, 3.63) is 76.7 Å². The zero-order valence-corrected chi connectivity index (χ0v) is 16.1. The van der Waals surface area contributed by atoms with Gasteiger partial charge < -0.3 is 10.3 Å². The molecule has 0 bridgehead atoms. The Kier molecular flexibility index (Phi) is 5.30. The van der Waals surface area contributed by atoms with Crippen LogP contribution < -0.4 is 11.2 Å². The summed E-state index contributed by atoms with van der Waals surface area (Å²) in [6.07, 6.45) is 3.63. The number of hydrogen-bond donors (Lipinski definition) is 2. The van der Waals surface area contributed by atoms with Gasteiger partial charge in [-0.15, -0.1) is 10.2 Å². The van der Waals surface area contributed by atoms with Crippen LogP contribution in [-0.2, 0) is 17.8 Å². The van der Waals surface area contributed by atoms with Gasteiger partial charge in [-0.1, -0.05) is 41.7 Å². The number of anilines is 1. The molecule has 0 spiro atoms. The molecule has 3 N–H and O–H groups in total. The number of hydrogen-bond acceptors (Lipinski definition) is 6. The summed E-state index contributed by atoms with van der Waals surface area (Å²) >= 11 is 1.17. The minimum atomic E-state index is -0.299. The van der Waals surface area contributed by atoms with Crippen molar-refractivity contribution in [3.8, 4) is 0 Å². The lowest BCUT2D eigenvalue weighted by Gasteiger charge is -2.05. The SMILES string of the molecule is Nc1nnc(CC(=O)NN=Cc2cn(Cc3ccc(F)cc3)c3ccccc23)s1. The van der Waals surface area contributed by atoms with Gasteiger partial charge in [0.15, 0.2) is 0 Å². The summed E-state index contributed by atoms with van der Waals surface area (Å²) in [7, 11) is 0. The quantitative estimate of drug-likeness (QED) is 0.379. The van der Waals surface area contributed by atoms with E-state index >= 15 is 0 Å². The lowest BCUT2D eigenvalue weighted by atomic mass is 10.2. The Labute approximate surface area is 169 Å². The Balaban J connectivity index is 1.50. The lowest BCUT2D eigenvalue weighted by Crippen LogP contribution is -2.19. The van der Waals surface area contributed by atoms with E-state index < -0.39 is 0 Å². The summed E-state index contributed by atoms with van der Waals surface area (Å²) in [6.45, 7) is 0.597. The average molecular weight is 408 g/mol. The molecule has 7 nitrogen and oxygen atoms in total. The van der Waals surface area contributed by atoms with Crippen LogP contribution in [0.1, 0.15) is 16.1 Å². The van der Waals surface area contributed by atoms with Crippen LogP contribution in [0.2, 0.25) is 0 Å². The number of hydrazone groups is 1. The predicted molar refractivity (Wildman–Crippen MR) is 111 cm³/mol. The fraction of sp³-hybridized carbons (Fsp3) is 0.100. The number of benzene rings is 2. The predicted octanol–water partition coefficient (Wildman–Crippen LogP) is 2.96. The van der Waals surface area contributed by atoms with Crippen LogP contribution >= 0.6 is 11.3 Å².